The van der Waals surface area contributed by atoms with Crippen LogP contribution in [-0.2, 0) is 4.79 Å². The van der Waals surface area contributed by atoms with Crippen LogP contribution in [0.15, 0.2) is 0 Å². The highest BCUT2D eigenvalue weighted by Gasteiger charge is 2.36. The smallest absolute Gasteiger partial charge is 0.127 e. The molecule has 1 saturated carbocycles. The minimum atomic E-state index is -0.0948. The van der Waals surface area contributed by atoms with E-state index in [1.54, 1.807) is 0 Å². The Balaban J connectivity index is 2.62. The zero-order chi connectivity index (χ0) is 9.03. The summed E-state index contributed by atoms with van der Waals surface area (Å²) in [7, 11) is 0. The van der Waals surface area contributed by atoms with Crippen LogP contribution in [0.25, 0.3) is 0 Å². The maximum Gasteiger partial charge on any atom is 0.127 e. The van der Waals surface area contributed by atoms with Gasteiger partial charge in [-0.15, -0.1) is 11.8 Å². The van der Waals surface area contributed by atoms with Crippen LogP contribution in [0.2, 0.25) is 0 Å². The molecule has 2 unspecified atom stereocenters. The first-order valence-corrected chi connectivity index (χ1v) is 4.58. The van der Waals surface area contributed by atoms with Crippen LogP contribution in [0.3, 0.4) is 0 Å². The Hall–Kier alpha value is -0.770. The van der Waals surface area contributed by atoms with E-state index in [0.29, 0.717) is 5.92 Å². The molecule has 0 amide bonds. The van der Waals surface area contributed by atoms with Gasteiger partial charge >= 0.3 is 0 Å². The van der Waals surface area contributed by atoms with E-state index in [9.17, 15) is 4.79 Å². The SMILES string of the molecule is CC#CCC1(C=O)CCC(C)C1. The second-order valence-electron chi connectivity index (χ2n) is 3.93. The summed E-state index contributed by atoms with van der Waals surface area (Å²) >= 11 is 0. The molecule has 66 valence electrons. The van der Waals surface area contributed by atoms with Crippen LogP contribution in [0.5, 0.6) is 0 Å². The highest BCUT2D eigenvalue weighted by molar-refractivity contribution is 5.60. The van der Waals surface area contributed by atoms with Gasteiger partial charge in [0.2, 0.25) is 0 Å². The van der Waals surface area contributed by atoms with Crippen LogP contribution < -0.4 is 0 Å². The molecule has 1 fully saturated rings. The molecule has 1 rings (SSSR count). The molecule has 0 aliphatic heterocycles. The first-order chi connectivity index (χ1) is 5.72. The van der Waals surface area contributed by atoms with Gasteiger partial charge in [0.15, 0.2) is 0 Å². The van der Waals surface area contributed by atoms with Crippen LogP contribution in [0.4, 0.5) is 0 Å². The molecule has 0 saturated heterocycles. The monoisotopic (exact) mass is 164 g/mol. The highest BCUT2D eigenvalue weighted by Crippen LogP contribution is 2.42. The predicted octanol–water partition coefficient (Wildman–Crippen LogP) is 2.41. The molecule has 0 radical (unpaired) electrons. The Kier molecular flexibility index (Phi) is 2.92. The molecule has 1 nitrogen and oxygen atoms in total. The second-order valence-corrected chi connectivity index (χ2v) is 3.93. The van der Waals surface area contributed by atoms with E-state index >= 15 is 0 Å². The van der Waals surface area contributed by atoms with Crippen molar-refractivity contribution >= 4 is 6.29 Å². The molecular weight excluding hydrogens is 148 g/mol. The summed E-state index contributed by atoms with van der Waals surface area (Å²) in [6.45, 7) is 4.04. The molecule has 12 heavy (non-hydrogen) atoms. The van der Waals surface area contributed by atoms with Gasteiger partial charge in [-0.05, 0) is 32.1 Å². The van der Waals surface area contributed by atoms with Crippen molar-refractivity contribution in [3.63, 3.8) is 0 Å². The fourth-order valence-electron chi connectivity index (χ4n) is 2.01. The van der Waals surface area contributed by atoms with E-state index in [4.69, 9.17) is 0 Å². The van der Waals surface area contributed by atoms with Gasteiger partial charge in [0.25, 0.3) is 0 Å². The molecule has 0 aromatic rings. The molecule has 1 aliphatic rings. The van der Waals surface area contributed by atoms with E-state index < -0.39 is 0 Å². The Morgan fingerprint density at radius 2 is 2.42 bits per heavy atom. The normalized spacial score (nSPS) is 34.0. The highest BCUT2D eigenvalue weighted by atomic mass is 16.1. The molecular formula is C11H16O. The molecule has 1 heteroatoms. The minimum absolute atomic E-state index is 0.0948. The summed E-state index contributed by atoms with van der Waals surface area (Å²) in [6, 6.07) is 0. The summed E-state index contributed by atoms with van der Waals surface area (Å²) in [5.74, 6) is 6.58. The average Bonchev–Trinajstić information content (AvgIpc) is 2.45. The molecule has 0 aromatic heterocycles. The van der Waals surface area contributed by atoms with E-state index in [-0.39, 0.29) is 5.41 Å². The molecule has 0 aromatic carbocycles. The lowest BCUT2D eigenvalue weighted by molar-refractivity contribution is -0.115. The van der Waals surface area contributed by atoms with Gasteiger partial charge in [-0.3, -0.25) is 0 Å². The Morgan fingerprint density at radius 1 is 1.67 bits per heavy atom. The van der Waals surface area contributed by atoms with Crippen LogP contribution in [0, 0.1) is 23.2 Å². The minimum Gasteiger partial charge on any atom is -0.303 e. The molecule has 0 N–H and O–H groups in total. The van der Waals surface area contributed by atoms with Gasteiger partial charge in [0.1, 0.15) is 6.29 Å². The van der Waals surface area contributed by atoms with E-state index in [2.05, 4.69) is 18.8 Å². The van der Waals surface area contributed by atoms with Crippen LogP contribution in [-0.4, -0.2) is 6.29 Å². The zero-order valence-corrected chi connectivity index (χ0v) is 7.89. The van der Waals surface area contributed by atoms with Crippen molar-refractivity contribution in [2.75, 3.05) is 0 Å². The van der Waals surface area contributed by atoms with Crippen molar-refractivity contribution < 1.29 is 4.79 Å². The van der Waals surface area contributed by atoms with E-state index in [0.717, 1.165) is 25.5 Å². The van der Waals surface area contributed by atoms with Gasteiger partial charge < -0.3 is 4.79 Å². The summed E-state index contributed by atoms with van der Waals surface area (Å²) in [5, 5.41) is 0. The van der Waals surface area contributed by atoms with Crippen molar-refractivity contribution in [1.82, 2.24) is 0 Å². The van der Waals surface area contributed by atoms with Crippen molar-refractivity contribution in [2.24, 2.45) is 11.3 Å². The number of hydrogen-bond donors (Lipinski definition) is 0. The number of carbonyl (C=O) groups excluding carboxylic acids is 1. The third kappa shape index (κ3) is 1.88. The Bertz CT molecular complexity index is 221. The third-order valence-corrected chi connectivity index (χ3v) is 2.76. The summed E-state index contributed by atoms with van der Waals surface area (Å²) in [5.41, 5.74) is -0.0948. The topological polar surface area (TPSA) is 17.1 Å². The van der Waals surface area contributed by atoms with Gasteiger partial charge in [0.05, 0.1) is 0 Å². The lowest BCUT2D eigenvalue weighted by Crippen LogP contribution is -2.17. The summed E-state index contributed by atoms with van der Waals surface area (Å²) in [6.07, 6.45) is 5.14. The van der Waals surface area contributed by atoms with Gasteiger partial charge in [-0.1, -0.05) is 6.92 Å². The van der Waals surface area contributed by atoms with Crippen molar-refractivity contribution in [3.8, 4) is 11.8 Å². The first-order valence-electron chi connectivity index (χ1n) is 4.58. The van der Waals surface area contributed by atoms with Crippen molar-refractivity contribution in [2.45, 2.75) is 39.5 Å². The van der Waals surface area contributed by atoms with Crippen LogP contribution >= 0.6 is 0 Å². The zero-order valence-electron chi connectivity index (χ0n) is 7.89. The molecule has 2 atom stereocenters. The third-order valence-electron chi connectivity index (χ3n) is 2.76. The summed E-state index contributed by atoms with van der Waals surface area (Å²) in [4.78, 5) is 10.9. The Morgan fingerprint density at radius 3 is 2.83 bits per heavy atom. The largest absolute Gasteiger partial charge is 0.303 e. The molecule has 0 heterocycles. The fourth-order valence-corrected chi connectivity index (χ4v) is 2.01. The quantitative estimate of drug-likeness (QED) is 0.452. The lowest BCUT2D eigenvalue weighted by atomic mass is 9.84. The second kappa shape index (κ2) is 3.76. The number of rotatable bonds is 2. The molecule has 0 bridgehead atoms. The van der Waals surface area contributed by atoms with Crippen molar-refractivity contribution in [1.29, 1.82) is 0 Å². The van der Waals surface area contributed by atoms with E-state index in [1.165, 1.54) is 6.42 Å². The van der Waals surface area contributed by atoms with Gasteiger partial charge in [-0.2, -0.15) is 0 Å². The average molecular weight is 164 g/mol. The number of hydrogen-bond acceptors (Lipinski definition) is 1. The maximum atomic E-state index is 10.9. The first kappa shape index (κ1) is 9.32. The van der Waals surface area contributed by atoms with Gasteiger partial charge in [0, 0.05) is 11.8 Å². The number of carbonyl (C=O) groups is 1. The molecule has 0 spiro atoms. The summed E-state index contributed by atoms with van der Waals surface area (Å²) < 4.78 is 0. The van der Waals surface area contributed by atoms with Crippen LogP contribution in [0.1, 0.15) is 39.5 Å². The standard InChI is InChI=1S/C11H16O/c1-3-4-6-11(9-12)7-5-10(2)8-11/h9-10H,5-8H2,1-2H3. The predicted molar refractivity (Wildman–Crippen MR) is 49.6 cm³/mol. The van der Waals surface area contributed by atoms with Gasteiger partial charge in [-0.25, -0.2) is 0 Å². The van der Waals surface area contributed by atoms with Crippen molar-refractivity contribution in [3.05, 3.63) is 0 Å². The van der Waals surface area contributed by atoms with E-state index in [1.807, 2.05) is 6.92 Å². The lowest BCUT2D eigenvalue weighted by Gasteiger charge is -2.18. The molecule has 1 aliphatic carbocycles. The maximum absolute atomic E-state index is 10.9. The Labute approximate surface area is 74.5 Å². The number of aldehydes is 1. The fraction of sp³-hybridized carbons (Fsp3) is 0.727.